The largest absolute Gasteiger partial charge is 0.347 e. The lowest BCUT2D eigenvalue weighted by molar-refractivity contribution is -0.284. The fraction of sp³-hybridized carbons (Fsp3) is 0.833. The van der Waals surface area contributed by atoms with E-state index in [1.807, 2.05) is 0 Å². The van der Waals surface area contributed by atoms with E-state index in [0.717, 1.165) is 32.6 Å². The highest BCUT2D eigenvalue weighted by Gasteiger charge is 2.65. The van der Waals surface area contributed by atoms with Gasteiger partial charge in [-0.2, -0.15) is 0 Å². The Balaban J connectivity index is 1.71. The van der Waals surface area contributed by atoms with Gasteiger partial charge in [-0.1, -0.05) is 38.7 Å². The Morgan fingerprint density at radius 2 is 1.81 bits per heavy atom. The van der Waals surface area contributed by atoms with Gasteiger partial charge in [-0.3, -0.25) is 4.90 Å². The summed E-state index contributed by atoms with van der Waals surface area (Å²) in [6.45, 7) is 9.67. The van der Waals surface area contributed by atoms with Gasteiger partial charge < -0.3 is 9.47 Å². The molecule has 0 radical (unpaired) electrons. The minimum Gasteiger partial charge on any atom is -0.347 e. The number of nitrogens with zero attached hydrogens (tertiary/aromatic N) is 1. The van der Waals surface area contributed by atoms with Gasteiger partial charge in [0.25, 0.3) is 0 Å². The summed E-state index contributed by atoms with van der Waals surface area (Å²) in [5.41, 5.74) is 2.01. The molecule has 0 amide bonds. The third-order valence-electron chi connectivity index (χ3n) is 8.22. The number of fused-ring (bicyclic) bond motifs is 3. The predicted octanol–water partition coefficient (Wildman–Crippen LogP) is 4.63. The van der Waals surface area contributed by atoms with Gasteiger partial charge in [-0.05, 0) is 69.5 Å². The van der Waals surface area contributed by atoms with Crippen LogP contribution in [0.15, 0.2) is 11.6 Å². The lowest BCUT2D eigenvalue weighted by Gasteiger charge is -2.64. The molecule has 0 aromatic rings. The number of hydrogen-bond donors (Lipinski definition) is 0. The van der Waals surface area contributed by atoms with Crippen molar-refractivity contribution < 1.29 is 9.47 Å². The molecule has 3 nitrogen and oxygen atoms in total. The molecule has 4 rings (SSSR count). The smallest absolute Gasteiger partial charge is 0.173 e. The van der Waals surface area contributed by atoms with E-state index in [1.54, 1.807) is 5.57 Å². The Bertz CT molecular complexity index is 676. The summed E-state index contributed by atoms with van der Waals surface area (Å²) in [6.07, 6.45) is 10.9. The molecule has 2 saturated carbocycles. The van der Waals surface area contributed by atoms with Gasteiger partial charge in [-0.15, -0.1) is 0 Å². The number of ether oxygens (including phenoxy) is 2. The van der Waals surface area contributed by atoms with Crippen LogP contribution in [0.2, 0.25) is 0 Å². The zero-order valence-corrected chi connectivity index (χ0v) is 18.0. The molecular formula is C24H37NO2. The molecule has 0 bridgehead atoms. The summed E-state index contributed by atoms with van der Waals surface area (Å²) in [4.78, 5) is 2.17. The predicted molar refractivity (Wildman–Crippen MR) is 109 cm³/mol. The Hall–Kier alpha value is -0.820. The quantitative estimate of drug-likeness (QED) is 0.496. The fourth-order valence-corrected chi connectivity index (χ4v) is 6.93. The first-order chi connectivity index (χ1) is 12.8. The first-order valence-corrected chi connectivity index (χ1v) is 10.9. The van der Waals surface area contributed by atoms with Crippen LogP contribution in [-0.2, 0) is 9.47 Å². The van der Waals surface area contributed by atoms with E-state index in [0.29, 0.717) is 5.92 Å². The van der Waals surface area contributed by atoms with Crippen molar-refractivity contribution in [3.8, 4) is 11.8 Å². The topological polar surface area (TPSA) is 21.7 Å². The number of allylic oxidation sites excluding steroid dienone is 2. The van der Waals surface area contributed by atoms with Crippen molar-refractivity contribution in [2.24, 2.45) is 22.2 Å². The summed E-state index contributed by atoms with van der Waals surface area (Å²) in [5.74, 6) is 7.52. The van der Waals surface area contributed by atoms with Gasteiger partial charge in [0.05, 0.1) is 25.2 Å². The standard InChI is InChI=1S/C24H37NO2/c1-21(2)19-10-13-23(12-8-16-25(4)5)11-7-6-9-20(23)22(19,3)14-15-24(21)26-17-18-27-24/h9,19H,6-7,10-11,13-18H2,1-5H3/t19?,22-,23-/m0/s1. The molecule has 3 atom stereocenters. The van der Waals surface area contributed by atoms with Crippen LogP contribution in [0.25, 0.3) is 0 Å². The Kier molecular flexibility index (Phi) is 4.78. The first kappa shape index (κ1) is 19.5. The molecule has 1 aliphatic heterocycles. The molecule has 150 valence electrons. The average molecular weight is 372 g/mol. The Morgan fingerprint density at radius 1 is 1.07 bits per heavy atom. The maximum Gasteiger partial charge on any atom is 0.173 e. The van der Waals surface area contributed by atoms with Gasteiger partial charge in [0, 0.05) is 11.8 Å². The van der Waals surface area contributed by atoms with Gasteiger partial charge in [0.1, 0.15) is 0 Å². The Labute approximate surface area is 165 Å². The van der Waals surface area contributed by atoms with Crippen molar-refractivity contribution >= 4 is 0 Å². The molecular weight excluding hydrogens is 334 g/mol. The molecule has 1 saturated heterocycles. The van der Waals surface area contributed by atoms with Crippen LogP contribution in [0, 0.1) is 34.0 Å². The highest BCUT2D eigenvalue weighted by molar-refractivity contribution is 5.39. The summed E-state index contributed by atoms with van der Waals surface area (Å²) in [6, 6.07) is 0. The van der Waals surface area contributed by atoms with E-state index in [-0.39, 0.29) is 22.0 Å². The molecule has 27 heavy (non-hydrogen) atoms. The Morgan fingerprint density at radius 3 is 2.52 bits per heavy atom. The zero-order valence-electron chi connectivity index (χ0n) is 18.0. The van der Waals surface area contributed by atoms with Crippen LogP contribution in [0.4, 0.5) is 0 Å². The lowest BCUT2D eigenvalue weighted by Crippen LogP contribution is -2.61. The van der Waals surface area contributed by atoms with E-state index < -0.39 is 0 Å². The van der Waals surface area contributed by atoms with Gasteiger partial charge in [0.15, 0.2) is 5.79 Å². The van der Waals surface area contributed by atoms with E-state index in [4.69, 9.17) is 9.47 Å². The molecule has 0 aromatic carbocycles. The molecule has 3 fully saturated rings. The maximum absolute atomic E-state index is 6.27. The zero-order chi connectivity index (χ0) is 19.3. The molecule has 1 heterocycles. The minimum absolute atomic E-state index is 0.0258. The SMILES string of the molecule is CN(C)CC#C[C@]12CCCC=C1[C@@]1(C)CCC3(OCCO3)C(C)(C)C1CC2. The van der Waals surface area contributed by atoms with E-state index in [2.05, 4.69) is 57.7 Å². The van der Waals surface area contributed by atoms with E-state index in [9.17, 15) is 0 Å². The summed E-state index contributed by atoms with van der Waals surface area (Å²) in [5, 5.41) is 0. The number of rotatable bonds is 1. The van der Waals surface area contributed by atoms with Crippen LogP contribution < -0.4 is 0 Å². The van der Waals surface area contributed by atoms with Crippen molar-refractivity contribution in [1.29, 1.82) is 0 Å². The van der Waals surface area contributed by atoms with Crippen molar-refractivity contribution in [3.63, 3.8) is 0 Å². The minimum atomic E-state index is -0.372. The highest BCUT2D eigenvalue weighted by atomic mass is 16.7. The molecule has 0 N–H and O–H groups in total. The van der Waals surface area contributed by atoms with Crippen LogP contribution in [0.5, 0.6) is 0 Å². The monoisotopic (exact) mass is 371 g/mol. The van der Waals surface area contributed by atoms with E-state index in [1.165, 1.54) is 32.1 Å². The average Bonchev–Trinajstić information content (AvgIpc) is 3.09. The molecule has 4 aliphatic rings. The van der Waals surface area contributed by atoms with Crippen LogP contribution in [0.3, 0.4) is 0 Å². The molecule has 1 spiro atoms. The van der Waals surface area contributed by atoms with Crippen LogP contribution >= 0.6 is 0 Å². The van der Waals surface area contributed by atoms with Gasteiger partial charge in [-0.25, -0.2) is 0 Å². The van der Waals surface area contributed by atoms with Gasteiger partial charge >= 0.3 is 0 Å². The normalized spacial score (nSPS) is 39.3. The molecule has 1 unspecified atom stereocenters. The highest BCUT2D eigenvalue weighted by Crippen LogP contribution is 2.68. The van der Waals surface area contributed by atoms with Crippen LogP contribution in [-0.4, -0.2) is 44.5 Å². The second kappa shape index (κ2) is 6.61. The second-order valence-corrected chi connectivity index (χ2v) is 10.3. The van der Waals surface area contributed by atoms with Crippen molar-refractivity contribution in [3.05, 3.63) is 11.6 Å². The van der Waals surface area contributed by atoms with Crippen molar-refractivity contribution in [1.82, 2.24) is 4.90 Å². The fourth-order valence-electron chi connectivity index (χ4n) is 6.93. The number of hydrogen-bond acceptors (Lipinski definition) is 3. The summed E-state index contributed by atoms with van der Waals surface area (Å²) < 4.78 is 12.5. The maximum atomic E-state index is 6.27. The molecule has 3 aliphatic carbocycles. The summed E-state index contributed by atoms with van der Waals surface area (Å²) in [7, 11) is 4.21. The van der Waals surface area contributed by atoms with E-state index >= 15 is 0 Å². The molecule has 3 heteroatoms. The summed E-state index contributed by atoms with van der Waals surface area (Å²) >= 11 is 0. The first-order valence-electron chi connectivity index (χ1n) is 10.9. The second-order valence-electron chi connectivity index (χ2n) is 10.3. The van der Waals surface area contributed by atoms with Crippen LogP contribution in [0.1, 0.15) is 65.7 Å². The lowest BCUT2D eigenvalue weighted by atomic mass is 9.43. The van der Waals surface area contributed by atoms with Gasteiger partial charge in [0.2, 0.25) is 0 Å². The third kappa shape index (κ3) is 2.83. The van der Waals surface area contributed by atoms with Crippen molar-refractivity contribution in [2.45, 2.75) is 71.5 Å². The molecule has 0 aromatic heterocycles. The third-order valence-corrected chi connectivity index (χ3v) is 8.22. The van der Waals surface area contributed by atoms with Crippen molar-refractivity contribution in [2.75, 3.05) is 33.9 Å².